The van der Waals surface area contributed by atoms with Crippen LogP contribution in [0.5, 0.6) is 0 Å². The average molecular weight is 489 g/mol. The molecule has 8 heteroatoms. The third-order valence-electron chi connectivity index (χ3n) is 7.29. The van der Waals surface area contributed by atoms with Crippen LogP contribution in [0.2, 0.25) is 0 Å². The SMILES string of the molecule is CCN1C(=O)N[C@@H](c2ccc(C)cc2C)C2=C1CN([C@H](C(=O)N1CCOCC1)c1ccccc1)C2=O. The van der Waals surface area contributed by atoms with Gasteiger partial charge in [-0.2, -0.15) is 0 Å². The van der Waals surface area contributed by atoms with E-state index in [1.54, 1.807) is 14.7 Å². The lowest BCUT2D eigenvalue weighted by Gasteiger charge is -2.35. The minimum atomic E-state index is -0.782. The fourth-order valence-electron chi connectivity index (χ4n) is 5.49. The van der Waals surface area contributed by atoms with Crippen molar-refractivity contribution < 1.29 is 19.1 Å². The number of rotatable bonds is 5. The second-order valence-corrected chi connectivity index (χ2v) is 9.53. The van der Waals surface area contributed by atoms with Gasteiger partial charge in [-0.3, -0.25) is 14.5 Å². The van der Waals surface area contributed by atoms with E-state index in [1.807, 2.05) is 63.2 Å². The first-order valence-electron chi connectivity index (χ1n) is 12.5. The summed E-state index contributed by atoms with van der Waals surface area (Å²) in [5, 5.41) is 3.06. The van der Waals surface area contributed by atoms with E-state index in [1.165, 1.54) is 0 Å². The van der Waals surface area contributed by atoms with E-state index in [2.05, 4.69) is 11.4 Å². The van der Waals surface area contributed by atoms with Crippen LogP contribution < -0.4 is 5.32 Å². The molecule has 0 radical (unpaired) electrons. The molecule has 3 heterocycles. The van der Waals surface area contributed by atoms with Crippen LogP contribution in [-0.2, 0) is 14.3 Å². The molecule has 3 aliphatic rings. The third kappa shape index (κ3) is 4.15. The number of nitrogens with one attached hydrogen (secondary N) is 1. The van der Waals surface area contributed by atoms with E-state index in [4.69, 9.17) is 4.74 Å². The van der Waals surface area contributed by atoms with Crippen molar-refractivity contribution in [1.29, 1.82) is 0 Å². The molecule has 0 saturated carbocycles. The molecule has 8 nitrogen and oxygen atoms in total. The Balaban J connectivity index is 1.57. The molecular weight excluding hydrogens is 456 g/mol. The van der Waals surface area contributed by atoms with E-state index in [-0.39, 0.29) is 24.4 Å². The Morgan fingerprint density at radius 1 is 1.08 bits per heavy atom. The predicted octanol–water partition coefficient (Wildman–Crippen LogP) is 3.09. The molecule has 4 amide bonds. The summed E-state index contributed by atoms with van der Waals surface area (Å²) in [6, 6.07) is 13.9. The minimum absolute atomic E-state index is 0.122. The van der Waals surface area contributed by atoms with Gasteiger partial charge in [0.1, 0.15) is 6.04 Å². The lowest BCUT2D eigenvalue weighted by molar-refractivity contribution is -0.146. The van der Waals surface area contributed by atoms with Gasteiger partial charge in [0, 0.05) is 19.6 Å². The van der Waals surface area contributed by atoms with Crippen LogP contribution in [0, 0.1) is 13.8 Å². The second kappa shape index (κ2) is 9.78. The molecule has 5 rings (SSSR count). The van der Waals surface area contributed by atoms with Crippen molar-refractivity contribution in [1.82, 2.24) is 20.0 Å². The number of ether oxygens (including phenoxy) is 1. The van der Waals surface area contributed by atoms with Gasteiger partial charge in [0.15, 0.2) is 0 Å². The van der Waals surface area contributed by atoms with Crippen molar-refractivity contribution in [2.45, 2.75) is 32.9 Å². The lowest BCUT2D eigenvalue weighted by atomic mass is 9.91. The topological polar surface area (TPSA) is 82.2 Å². The molecule has 0 aliphatic carbocycles. The van der Waals surface area contributed by atoms with Crippen LogP contribution in [0.4, 0.5) is 4.79 Å². The van der Waals surface area contributed by atoms with Gasteiger partial charge in [0.25, 0.3) is 5.91 Å². The minimum Gasteiger partial charge on any atom is -0.378 e. The number of urea groups is 1. The summed E-state index contributed by atoms with van der Waals surface area (Å²) in [5.74, 6) is -0.341. The molecule has 1 fully saturated rings. The number of aryl methyl sites for hydroxylation is 2. The van der Waals surface area contributed by atoms with Gasteiger partial charge in [-0.15, -0.1) is 0 Å². The van der Waals surface area contributed by atoms with E-state index >= 15 is 0 Å². The normalized spacial score (nSPS) is 21.0. The highest BCUT2D eigenvalue weighted by atomic mass is 16.5. The summed E-state index contributed by atoms with van der Waals surface area (Å²) in [4.78, 5) is 46.2. The molecule has 1 N–H and O–H groups in total. The average Bonchev–Trinajstić information content (AvgIpc) is 3.21. The molecule has 2 atom stereocenters. The summed E-state index contributed by atoms with van der Waals surface area (Å²) < 4.78 is 5.45. The number of amides is 4. The number of carbonyl (C=O) groups is 3. The van der Waals surface area contributed by atoms with Gasteiger partial charge in [-0.1, -0.05) is 54.1 Å². The van der Waals surface area contributed by atoms with Gasteiger partial charge in [0.05, 0.1) is 37.1 Å². The molecule has 2 aromatic carbocycles. The van der Waals surface area contributed by atoms with Gasteiger partial charge >= 0.3 is 6.03 Å². The first kappa shape index (κ1) is 24.1. The zero-order valence-electron chi connectivity index (χ0n) is 21.0. The van der Waals surface area contributed by atoms with Crippen LogP contribution in [0.3, 0.4) is 0 Å². The first-order chi connectivity index (χ1) is 17.4. The molecular formula is C28H32N4O4. The van der Waals surface area contributed by atoms with Crippen LogP contribution in [0.15, 0.2) is 59.8 Å². The van der Waals surface area contributed by atoms with E-state index < -0.39 is 12.1 Å². The van der Waals surface area contributed by atoms with Crippen molar-refractivity contribution in [3.8, 4) is 0 Å². The van der Waals surface area contributed by atoms with Crippen molar-refractivity contribution in [2.24, 2.45) is 0 Å². The maximum absolute atomic E-state index is 14.2. The van der Waals surface area contributed by atoms with Crippen molar-refractivity contribution in [3.63, 3.8) is 0 Å². The molecule has 0 unspecified atom stereocenters. The third-order valence-corrected chi connectivity index (χ3v) is 7.29. The standard InChI is InChI=1S/C28H32N4O4/c1-4-31-22-17-32(25(20-8-6-5-7-9-20)27(34)30-12-14-36-15-13-30)26(33)23(22)24(29-28(31)35)21-11-10-18(2)16-19(21)3/h5-11,16,24-25H,4,12-15,17H2,1-3H3,(H,29,35)/t24-,25-/m0/s1. The fourth-order valence-corrected chi connectivity index (χ4v) is 5.49. The van der Waals surface area contributed by atoms with Crippen LogP contribution in [-0.4, -0.2) is 71.9 Å². The zero-order chi connectivity index (χ0) is 25.4. The van der Waals surface area contributed by atoms with Gasteiger partial charge in [-0.05, 0) is 37.5 Å². The maximum atomic E-state index is 14.2. The molecule has 2 aromatic rings. The summed E-state index contributed by atoms with van der Waals surface area (Å²) in [7, 11) is 0. The number of morpholine rings is 1. The highest BCUT2D eigenvalue weighted by molar-refractivity contribution is 6.04. The quantitative estimate of drug-likeness (QED) is 0.701. The molecule has 0 aromatic heterocycles. The second-order valence-electron chi connectivity index (χ2n) is 9.53. The highest BCUT2D eigenvalue weighted by Crippen LogP contribution is 2.40. The Hall–Kier alpha value is -3.65. The van der Waals surface area contributed by atoms with Crippen molar-refractivity contribution >= 4 is 17.8 Å². The Bertz CT molecular complexity index is 1220. The molecule has 188 valence electrons. The summed E-state index contributed by atoms with van der Waals surface area (Å²) in [6.45, 7) is 8.47. The zero-order valence-corrected chi connectivity index (χ0v) is 21.0. The molecule has 0 spiro atoms. The number of likely N-dealkylation sites (N-methyl/N-ethyl adjacent to an activating group) is 1. The number of nitrogens with zero attached hydrogens (tertiary/aromatic N) is 3. The number of carbonyl (C=O) groups excluding carboxylic acids is 3. The fraction of sp³-hybridized carbons (Fsp3) is 0.393. The first-order valence-corrected chi connectivity index (χ1v) is 12.5. The Kier molecular flexibility index (Phi) is 6.53. The van der Waals surface area contributed by atoms with Crippen LogP contribution in [0.1, 0.15) is 41.3 Å². The summed E-state index contributed by atoms with van der Waals surface area (Å²) >= 11 is 0. The number of hydrogen-bond acceptors (Lipinski definition) is 4. The molecule has 3 aliphatic heterocycles. The highest BCUT2D eigenvalue weighted by Gasteiger charge is 2.48. The Labute approximate surface area is 211 Å². The summed E-state index contributed by atoms with van der Waals surface area (Å²) in [6.07, 6.45) is 0. The molecule has 1 saturated heterocycles. The monoisotopic (exact) mass is 488 g/mol. The molecule has 36 heavy (non-hydrogen) atoms. The van der Waals surface area contributed by atoms with Crippen molar-refractivity contribution in [2.75, 3.05) is 39.4 Å². The summed E-state index contributed by atoms with van der Waals surface area (Å²) in [5.41, 5.74) is 4.98. The lowest BCUT2D eigenvalue weighted by Crippen LogP contribution is -2.48. The molecule has 0 bridgehead atoms. The van der Waals surface area contributed by atoms with E-state index in [0.29, 0.717) is 44.1 Å². The maximum Gasteiger partial charge on any atom is 0.322 e. The number of hydrogen-bond donors (Lipinski definition) is 1. The van der Waals surface area contributed by atoms with Crippen LogP contribution in [0.25, 0.3) is 0 Å². The smallest absolute Gasteiger partial charge is 0.322 e. The number of benzene rings is 2. The van der Waals surface area contributed by atoms with Gasteiger partial charge in [0.2, 0.25) is 5.91 Å². The van der Waals surface area contributed by atoms with Gasteiger partial charge in [-0.25, -0.2) is 4.79 Å². The van der Waals surface area contributed by atoms with Crippen LogP contribution >= 0.6 is 0 Å². The van der Waals surface area contributed by atoms with Crippen molar-refractivity contribution in [3.05, 3.63) is 82.1 Å². The largest absolute Gasteiger partial charge is 0.378 e. The predicted molar refractivity (Wildman–Crippen MR) is 135 cm³/mol. The van der Waals surface area contributed by atoms with Gasteiger partial charge < -0.3 is 19.9 Å². The van der Waals surface area contributed by atoms with E-state index in [9.17, 15) is 14.4 Å². The van der Waals surface area contributed by atoms with E-state index in [0.717, 1.165) is 22.3 Å². The Morgan fingerprint density at radius 3 is 2.47 bits per heavy atom. The Morgan fingerprint density at radius 2 is 1.81 bits per heavy atom.